The van der Waals surface area contributed by atoms with Crippen LogP contribution >= 0.6 is 11.6 Å². The number of hydrogen-bond acceptors (Lipinski definition) is 6. The van der Waals surface area contributed by atoms with Gasteiger partial charge in [0.2, 0.25) is 5.76 Å². The summed E-state index contributed by atoms with van der Waals surface area (Å²) in [5.74, 6) is -1.73. The fraction of sp³-hybridized carbons (Fsp3) is 0.190. The first kappa shape index (κ1) is 20.4. The number of benzene rings is 2. The fourth-order valence-corrected chi connectivity index (χ4v) is 2.79. The number of nitrogens with one attached hydrogen (secondary N) is 1. The van der Waals surface area contributed by atoms with Crippen molar-refractivity contribution in [3.63, 3.8) is 0 Å². The minimum absolute atomic E-state index is 0.00829. The van der Waals surface area contributed by atoms with E-state index in [1.54, 1.807) is 55.5 Å². The van der Waals surface area contributed by atoms with Crippen LogP contribution in [0.2, 0.25) is 5.02 Å². The zero-order chi connectivity index (χ0) is 20.8. The molecule has 29 heavy (non-hydrogen) atoms. The minimum atomic E-state index is -0.660. The average Bonchev–Trinajstić information content (AvgIpc) is 3.10. The second-order valence-electron chi connectivity index (χ2n) is 5.98. The van der Waals surface area contributed by atoms with E-state index < -0.39 is 17.8 Å². The summed E-state index contributed by atoms with van der Waals surface area (Å²) in [6, 6.07) is 13.3. The quantitative estimate of drug-likeness (QED) is 0.591. The summed E-state index contributed by atoms with van der Waals surface area (Å²) in [6.07, 6.45) is 0. The fourth-order valence-electron chi connectivity index (χ4n) is 2.66. The Morgan fingerprint density at radius 1 is 1.03 bits per heavy atom. The van der Waals surface area contributed by atoms with Crippen LogP contribution in [0.3, 0.4) is 0 Å². The first-order valence-corrected chi connectivity index (χ1v) is 9.24. The minimum Gasteiger partial charge on any atom is -0.460 e. The molecule has 3 aromatic rings. The number of rotatable bonds is 7. The first-order chi connectivity index (χ1) is 14.0. The highest BCUT2D eigenvalue weighted by Gasteiger charge is 2.22. The van der Waals surface area contributed by atoms with E-state index in [2.05, 4.69) is 5.32 Å². The van der Waals surface area contributed by atoms with E-state index in [9.17, 15) is 14.4 Å². The number of carbonyl (C=O) groups excluding carboxylic acids is 3. The molecule has 8 heteroatoms. The number of carbonyl (C=O) groups is 3. The number of furan rings is 1. The summed E-state index contributed by atoms with van der Waals surface area (Å²) in [6.45, 7) is 1.35. The molecule has 150 valence electrons. The number of halogens is 1. The van der Waals surface area contributed by atoms with E-state index in [0.29, 0.717) is 27.1 Å². The molecular weight excluding hydrogens is 398 g/mol. The molecule has 1 aromatic heterocycles. The van der Waals surface area contributed by atoms with Crippen LogP contribution in [0.1, 0.15) is 33.4 Å². The number of amides is 1. The van der Waals surface area contributed by atoms with Crippen LogP contribution in [0.25, 0.3) is 11.0 Å². The van der Waals surface area contributed by atoms with E-state index in [4.69, 9.17) is 25.5 Å². The van der Waals surface area contributed by atoms with Gasteiger partial charge in [0.1, 0.15) is 18.7 Å². The predicted molar refractivity (Wildman–Crippen MR) is 106 cm³/mol. The second-order valence-corrected chi connectivity index (χ2v) is 6.41. The smallest absolute Gasteiger partial charge is 0.374 e. The van der Waals surface area contributed by atoms with Gasteiger partial charge < -0.3 is 19.2 Å². The topological polar surface area (TPSA) is 94.8 Å². The van der Waals surface area contributed by atoms with Gasteiger partial charge in [-0.2, -0.15) is 0 Å². The zero-order valence-corrected chi connectivity index (χ0v) is 16.3. The Hall–Kier alpha value is -3.32. The van der Waals surface area contributed by atoms with Gasteiger partial charge in [-0.15, -0.1) is 0 Å². The molecule has 7 nitrogen and oxygen atoms in total. The van der Waals surface area contributed by atoms with E-state index in [0.717, 1.165) is 0 Å². The normalized spacial score (nSPS) is 10.6. The molecule has 0 saturated carbocycles. The summed E-state index contributed by atoms with van der Waals surface area (Å²) in [7, 11) is 0. The Labute approximate surface area is 171 Å². The van der Waals surface area contributed by atoms with Crippen molar-refractivity contribution < 1.29 is 28.3 Å². The molecule has 0 unspecified atom stereocenters. The van der Waals surface area contributed by atoms with Crippen LogP contribution in [0, 0.1) is 0 Å². The highest BCUT2D eigenvalue weighted by Crippen LogP contribution is 2.27. The van der Waals surface area contributed by atoms with E-state index in [1.165, 1.54) is 0 Å². The Morgan fingerprint density at radius 2 is 1.76 bits per heavy atom. The molecule has 0 spiro atoms. The maximum Gasteiger partial charge on any atom is 0.374 e. The third-order valence-corrected chi connectivity index (χ3v) is 4.29. The van der Waals surface area contributed by atoms with Crippen molar-refractivity contribution in [2.24, 2.45) is 0 Å². The SMILES string of the molecule is CCOC(=O)c1oc2ccccc2c1COC(=O)CNC(=O)c1ccc(Cl)cc1. The van der Waals surface area contributed by atoms with Crippen molar-refractivity contribution in [1.29, 1.82) is 0 Å². The van der Waals surface area contributed by atoms with E-state index >= 15 is 0 Å². The molecule has 2 aromatic carbocycles. The van der Waals surface area contributed by atoms with Gasteiger partial charge in [0.05, 0.1) is 12.2 Å². The molecule has 0 aliphatic carbocycles. The van der Waals surface area contributed by atoms with Gasteiger partial charge in [-0.1, -0.05) is 29.8 Å². The van der Waals surface area contributed by atoms with Crippen LogP contribution in [-0.2, 0) is 20.9 Å². The molecule has 0 aliphatic heterocycles. The van der Waals surface area contributed by atoms with Crippen molar-refractivity contribution in [3.8, 4) is 0 Å². The van der Waals surface area contributed by atoms with Gasteiger partial charge in [-0.3, -0.25) is 9.59 Å². The largest absolute Gasteiger partial charge is 0.460 e. The van der Waals surface area contributed by atoms with Crippen LogP contribution in [0.4, 0.5) is 0 Å². The molecule has 0 atom stereocenters. The molecule has 3 rings (SSSR count). The highest BCUT2D eigenvalue weighted by atomic mass is 35.5. The van der Waals surface area contributed by atoms with Gasteiger partial charge in [0.15, 0.2) is 0 Å². The molecule has 0 saturated heterocycles. The standard InChI is InChI=1S/C21H18ClNO6/c1-2-27-21(26)19-16(15-5-3-4-6-17(15)29-19)12-28-18(24)11-23-20(25)13-7-9-14(22)10-8-13/h3-10H,2,11-12H2,1H3,(H,23,25). The average molecular weight is 416 g/mol. The maximum absolute atomic E-state index is 12.2. The Morgan fingerprint density at radius 3 is 2.48 bits per heavy atom. The van der Waals surface area contributed by atoms with Crippen molar-refractivity contribution in [1.82, 2.24) is 5.32 Å². The number of esters is 2. The number of ether oxygens (including phenoxy) is 2. The van der Waals surface area contributed by atoms with Crippen molar-refractivity contribution in [3.05, 3.63) is 70.4 Å². The van der Waals surface area contributed by atoms with Crippen LogP contribution in [0.5, 0.6) is 0 Å². The van der Waals surface area contributed by atoms with Gasteiger partial charge in [0.25, 0.3) is 5.91 Å². The van der Waals surface area contributed by atoms with Gasteiger partial charge >= 0.3 is 11.9 Å². The third-order valence-electron chi connectivity index (χ3n) is 4.04. The lowest BCUT2D eigenvalue weighted by atomic mass is 10.1. The molecule has 0 aliphatic rings. The van der Waals surface area contributed by atoms with Crippen LogP contribution < -0.4 is 5.32 Å². The maximum atomic E-state index is 12.2. The molecular formula is C21H18ClNO6. The number of para-hydroxylation sites is 1. The molecule has 0 radical (unpaired) electrons. The molecule has 0 bridgehead atoms. The first-order valence-electron chi connectivity index (χ1n) is 8.86. The Kier molecular flexibility index (Phi) is 6.51. The number of hydrogen-bond donors (Lipinski definition) is 1. The summed E-state index contributed by atoms with van der Waals surface area (Å²) >= 11 is 5.78. The second kappa shape index (κ2) is 9.25. The summed E-state index contributed by atoms with van der Waals surface area (Å²) < 4.78 is 15.8. The van der Waals surface area contributed by atoms with Crippen LogP contribution in [-0.4, -0.2) is 31.0 Å². The van der Waals surface area contributed by atoms with Gasteiger partial charge in [-0.25, -0.2) is 4.79 Å². The molecule has 0 fully saturated rings. The van der Waals surface area contributed by atoms with E-state index in [1.807, 2.05) is 0 Å². The van der Waals surface area contributed by atoms with Crippen molar-refractivity contribution >= 4 is 40.4 Å². The predicted octanol–water partition coefficient (Wildman–Crippen LogP) is 3.74. The molecule has 1 amide bonds. The Balaban J connectivity index is 1.64. The van der Waals surface area contributed by atoms with E-state index in [-0.39, 0.29) is 25.5 Å². The summed E-state index contributed by atoms with van der Waals surface area (Å²) in [4.78, 5) is 36.3. The van der Waals surface area contributed by atoms with Crippen molar-refractivity contribution in [2.75, 3.05) is 13.2 Å². The highest BCUT2D eigenvalue weighted by molar-refractivity contribution is 6.30. The van der Waals surface area contributed by atoms with Crippen LogP contribution in [0.15, 0.2) is 52.9 Å². The lowest BCUT2D eigenvalue weighted by Crippen LogP contribution is -2.30. The zero-order valence-electron chi connectivity index (χ0n) is 15.6. The molecule has 1 heterocycles. The lowest BCUT2D eigenvalue weighted by molar-refractivity contribution is -0.143. The summed E-state index contributed by atoms with van der Waals surface area (Å²) in [5, 5.41) is 3.62. The third kappa shape index (κ3) is 4.94. The number of fused-ring (bicyclic) bond motifs is 1. The molecule has 1 N–H and O–H groups in total. The Bertz CT molecular complexity index is 1040. The van der Waals surface area contributed by atoms with Gasteiger partial charge in [-0.05, 0) is 37.3 Å². The van der Waals surface area contributed by atoms with Gasteiger partial charge in [0, 0.05) is 16.0 Å². The monoisotopic (exact) mass is 415 g/mol. The summed E-state index contributed by atoms with van der Waals surface area (Å²) in [5.41, 5.74) is 1.27. The van der Waals surface area contributed by atoms with Crippen molar-refractivity contribution in [2.45, 2.75) is 13.5 Å². The lowest BCUT2D eigenvalue weighted by Gasteiger charge is -2.07.